The second-order valence-electron chi connectivity index (χ2n) is 11.7. The van der Waals surface area contributed by atoms with Gasteiger partial charge in [0.2, 0.25) is 0 Å². The van der Waals surface area contributed by atoms with Gasteiger partial charge < -0.3 is 14.3 Å². The zero-order chi connectivity index (χ0) is 27.0. The monoisotopic (exact) mass is 594 g/mol. The van der Waals surface area contributed by atoms with Gasteiger partial charge in [-0.3, -0.25) is 0 Å². The third-order valence-electron chi connectivity index (χ3n) is 7.74. The Morgan fingerprint density at radius 1 is 0.868 bits per heavy atom. The summed E-state index contributed by atoms with van der Waals surface area (Å²) in [7, 11) is -2.58. The highest BCUT2D eigenvalue weighted by atomic mass is 79.9. The Hall–Kier alpha value is -1.76. The zero-order valence-electron chi connectivity index (χ0n) is 23.1. The number of rotatable bonds is 11. The molecule has 1 saturated heterocycles. The molecular weight excluding hydrogens is 552 g/mol. The van der Waals surface area contributed by atoms with Gasteiger partial charge in [0.1, 0.15) is 0 Å². The standard InChI is InChI=1S/C33H43BrO3Si/c1-33(2,3)38(31-15-9-5-10-16-31,32-17-11-6-12-18-32)36-22-21-28(35)25-30-24-27(34)23-29(37-30)20-19-26-13-7-4-8-14-26/h4-18,27-30,35H,19-25H2,1-3H3/t27-,28?,29+,30+/m1/s1. The molecule has 38 heavy (non-hydrogen) atoms. The molecule has 0 bridgehead atoms. The third-order valence-corrected chi connectivity index (χ3v) is 13.5. The van der Waals surface area contributed by atoms with Crippen LogP contribution < -0.4 is 10.4 Å². The van der Waals surface area contributed by atoms with Crippen LogP contribution in [0.25, 0.3) is 0 Å². The van der Waals surface area contributed by atoms with Crippen LogP contribution in [0.3, 0.4) is 0 Å². The van der Waals surface area contributed by atoms with Crippen molar-refractivity contribution in [1.82, 2.24) is 0 Å². The fourth-order valence-electron chi connectivity index (χ4n) is 5.89. The van der Waals surface area contributed by atoms with E-state index in [0.717, 1.165) is 25.7 Å². The van der Waals surface area contributed by atoms with Crippen LogP contribution in [-0.2, 0) is 15.6 Å². The Kier molecular flexibility index (Phi) is 10.4. The van der Waals surface area contributed by atoms with Crippen molar-refractivity contribution < 1.29 is 14.3 Å². The molecule has 0 aliphatic carbocycles. The molecule has 4 atom stereocenters. The molecular formula is C33H43BrO3Si. The summed E-state index contributed by atoms with van der Waals surface area (Å²) in [5.74, 6) is 0. The number of alkyl halides is 1. The second kappa shape index (κ2) is 13.5. The van der Waals surface area contributed by atoms with Crippen LogP contribution in [-0.4, -0.2) is 43.2 Å². The van der Waals surface area contributed by atoms with E-state index in [-0.39, 0.29) is 17.2 Å². The number of hydrogen-bond donors (Lipinski definition) is 1. The summed E-state index contributed by atoms with van der Waals surface area (Å²) < 4.78 is 13.5. The van der Waals surface area contributed by atoms with E-state index in [9.17, 15) is 5.11 Å². The summed E-state index contributed by atoms with van der Waals surface area (Å²) in [5.41, 5.74) is 1.35. The minimum Gasteiger partial charge on any atom is -0.407 e. The molecule has 1 unspecified atom stereocenters. The molecule has 5 heteroatoms. The summed E-state index contributed by atoms with van der Waals surface area (Å²) in [6.07, 6.45) is 5.08. The van der Waals surface area contributed by atoms with Crippen molar-refractivity contribution in [3.05, 3.63) is 96.6 Å². The number of aryl methyl sites for hydroxylation is 1. The van der Waals surface area contributed by atoms with Crippen LogP contribution in [0.4, 0.5) is 0 Å². The maximum Gasteiger partial charge on any atom is 0.261 e. The van der Waals surface area contributed by atoms with Gasteiger partial charge in [-0.1, -0.05) is 128 Å². The molecule has 4 rings (SSSR count). The van der Waals surface area contributed by atoms with Crippen molar-refractivity contribution in [2.45, 2.75) is 87.5 Å². The summed E-state index contributed by atoms with van der Waals surface area (Å²) >= 11 is 3.86. The lowest BCUT2D eigenvalue weighted by molar-refractivity contribution is -0.0696. The van der Waals surface area contributed by atoms with Crippen LogP contribution >= 0.6 is 15.9 Å². The van der Waals surface area contributed by atoms with E-state index in [2.05, 4.69) is 128 Å². The van der Waals surface area contributed by atoms with Gasteiger partial charge in [0, 0.05) is 11.4 Å². The first-order valence-corrected chi connectivity index (χ1v) is 16.9. The molecule has 3 aromatic rings. The van der Waals surface area contributed by atoms with Crippen molar-refractivity contribution >= 4 is 34.6 Å². The molecule has 0 amide bonds. The normalized spacial score (nSPS) is 21.2. The predicted octanol–water partition coefficient (Wildman–Crippen LogP) is 6.65. The lowest BCUT2D eigenvalue weighted by Crippen LogP contribution is -2.66. The fourth-order valence-corrected chi connectivity index (χ4v) is 11.3. The maximum atomic E-state index is 11.1. The molecule has 1 heterocycles. The predicted molar refractivity (Wildman–Crippen MR) is 164 cm³/mol. The zero-order valence-corrected chi connectivity index (χ0v) is 25.6. The first-order valence-electron chi connectivity index (χ1n) is 14.0. The van der Waals surface area contributed by atoms with Crippen molar-refractivity contribution in [1.29, 1.82) is 0 Å². The number of aliphatic hydroxyl groups excluding tert-OH is 1. The molecule has 1 fully saturated rings. The first kappa shape index (κ1) is 29.2. The van der Waals surface area contributed by atoms with E-state index >= 15 is 0 Å². The van der Waals surface area contributed by atoms with Crippen molar-refractivity contribution in [3.63, 3.8) is 0 Å². The topological polar surface area (TPSA) is 38.7 Å². The Morgan fingerprint density at radius 3 is 1.95 bits per heavy atom. The Labute approximate surface area is 238 Å². The molecule has 0 aromatic heterocycles. The van der Waals surface area contributed by atoms with Crippen LogP contribution in [0.2, 0.25) is 5.04 Å². The molecule has 3 aromatic carbocycles. The van der Waals surface area contributed by atoms with Gasteiger partial charge in [0.25, 0.3) is 8.32 Å². The summed E-state index contributed by atoms with van der Waals surface area (Å²) in [6.45, 7) is 7.39. The number of ether oxygens (including phenoxy) is 1. The average Bonchev–Trinajstić information content (AvgIpc) is 2.90. The molecule has 0 saturated carbocycles. The van der Waals surface area contributed by atoms with E-state index in [4.69, 9.17) is 9.16 Å². The van der Waals surface area contributed by atoms with Gasteiger partial charge in [-0.2, -0.15) is 0 Å². The smallest absolute Gasteiger partial charge is 0.261 e. The second-order valence-corrected chi connectivity index (χ2v) is 17.3. The average molecular weight is 596 g/mol. The van der Waals surface area contributed by atoms with Crippen LogP contribution in [0.5, 0.6) is 0 Å². The van der Waals surface area contributed by atoms with Crippen molar-refractivity contribution in [3.8, 4) is 0 Å². The van der Waals surface area contributed by atoms with E-state index < -0.39 is 14.4 Å². The summed E-state index contributed by atoms with van der Waals surface area (Å²) in [4.78, 5) is 0.433. The molecule has 0 radical (unpaired) electrons. The van der Waals surface area contributed by atoms with Gasteiger partial charge in [-0.05, 0) is 59.5 Å². The molecule has 1 N–H and O–H groups in total. The summed E-state index contributed by atoms with van der Waals surface area (Å²) in [6, 6.07) is 32.0. The van der Waals surface area contributed by atoms with E-state index in [1.165, 1.54) is 15.9 Å². The largest absolute Gasteiger partial charge is 0.407 e. The van der Waals surface area contributed by atoms with Gasteiger partial charge in [0.05, 0.1) is 18.3 Å². The lowest BCUT2D eigenvalue weighted by atomic mass is 9.95. The Bertz CT molecular complexity index is 1050. The minimum atomic E-state index is -2.58. The Balaban J connectivity index is 1.38. The van der Waals surface area contributed by atoms with E-state index in [1.807, 2.05) is 0 Å². The molecule has 1 aliphatic rings. The van der Waals surface area contributed by atoms with E-state index in [0.29, 0.717) is 24.3 Å². The fraction of sp³-hybridized carbons (Fsp3) is 0.455. The van der Waals surface area contributed by atoms with Gasteiger partial charge in [-0.15, -0.1) is 0 Å². The molecule has 1 aliphatic heterocycles. The quantitative estimate of drug-likeness (QED) is 0.199. The highest BCUT2D eigenvalue weighted by Crippen LogP contribution is 2.37. The minimum absolute atomic E-state index is 0.0664. The van der Waals surface area contributed by atoms with Gasteiger partial charge in [0.15, 0.2) is 0 Å². The van der Waals surface area contributed by atoms with E-state index in [1.54, 1.807) is 0 Å². The number of halogens is 1. The van der Waals surface area contributed by atoms with Gasteiger partial charge >= 0.3 is 0 Å². The molecule has 3 nitrogen and oxygen atoms in total. The SMILES string of the molecule is CC(C)(C)[Si](OCCC(O)C[C@@H]1C[C@H](Br)C[C@H](CCc2ccccc2)O1)(c1ccccc1)c1ccccc1. The Morgan fingerprint density at radius 2 is 1.39 bits per heavy atom. The number of aliphatic hydroxyl groups is 1. The maximum absolute atomic E-state index is 11.1. The summed E-state index contributed by atoms with van der Waals surface area (Å²) in [5, 5.41) is 13.5. The number of benzene rings is 3. The van der Waals surface area contributed by atoms with Crippen LogP contribution in [0, 0.1) is 0 Å². The van der Waals surface area contributed by atoms with Crippen molar-refractivity contribution in [2.24, 2.45) is 0 Å². The lowest BCUT2D eigenvalue weighted by Gasteiger charge is -2.43. The highest BCUT2D eigenvalue weighted by molar-refractivity contribution is 9.09. The van der Waals surface area contributed by atoms with Gasteiger partial charge in [-0.25, -0.2) is 0 Å². The third kappa shape index (κ3) is 7.45. The van der Waals surface area contributed by atoms with Crippen LogP contribution in [0.15, 0.2) is 91.0 Å². The molecule has 0 spiro atoms. The molecule has 204 valence electrons. The van der Waals surface area contributed by atoms with Crippen LogP contribution in [0.1, 0.15) is 58.4 Å². The first-order chi connectivity index (χ1) is 18.3. The number of hydrogen-bond acceptors (Lipinski definition) is 3. The highest BCUT2D eigenvalue weighted by Gasteiger charge is 2.50. The van der Waals surface area contributed by atoms with Crippen molar-refractivity contribution in [2.75, 3.05) is 6.61 Å².